The van der Waals surface area contributed by atoms with Crippen LogP contribution in [-0.4, -0.2) is 17.9 Å². The van der Waals surface area contributed by atoms with Gasteiger partial charge in [0.25, 0.3) is 0 Å². The van der Waals surface area contributed by atoms with E-state index in [0.717, 1.165) is 17.8 Å². The van der Waals surface area contributed by atoms with E-state index >= 15 is 0 Å². The third-order valence-electron chi connectivity index (χ3n) is 2.80. The minimum absolute atomic E-state index is 0.241. The molecule has 3 nitrogen and oxygen atoms in total. The number of alkyl halides is 3. The van der Waals surface area contributed by atoms with Gasteiger partial charge in [-0.05, 0) is 37.6 Å². The number of halogens is 3. The Hall–Kier alpha value is -1.98. The number of pyridine rings is 1. The van der Waals surface area contributed by atoms with Crippen LogP contribution in [0.25, 0.3) is 10.9 Å². The second kappa shape index (κ2) is 5.56. The van der Waals surface area contributed by atoms with Crippen LogP contribution in [0, 0.1) is 0 Å². The van der Waals surface area contributed by atoms with Gasteiger partial charge in [0.05, 0.1) is 5.52 Å². The van der Waals surface area contributed by atoms with Crippen molar-refractivity contribution in [1.82, 2.24) is 4.98 Å². The van der Waals surface area contributed by atoms with Gasteiger partial charge in [0.15, 0.2) is 0 Å². The number of hydrogen-bond acceptors (Lipinski definition) is 3. The number of aromatic nitrogens is 1. The van der Waals surface area contributed by atoms with Gasteiger partial charge in [0.2, 0.25) is 0 Å². The van der Waals surface area contributed by atoms with Crippen LogP contribution in [0.3, 0.4) is 0 Å². The first-order valence-electron chi connectivity index (χ1n) is 6.36. The zero-order valence-corrected chi connectivity index (χ0v) is 11.2. The smallest absolute Gasteiger partial charge is 0.406 e. The monoisotopic (exact) mass is 284 g/mol. The van der Waals surface area contributed by atoms with E-state index in [1.54, 1.807) is 0 Å². The second-order valence-corrected chi connectivity index (χ2v) is 4.27. The molecule has 0 unspecified atom stereocenters. The summed E-state index contributed by atoms with van der Waals surface area (Å²) in [5.74, 6) is -0.241. The molecule has 6 heteroatoms. The number of nitrogens with one attached hydrogen (secondary N) is 1. The Bertz CT molecular complexity index is 611. The van der Waals surface area contributed by atoms with Crippen LogP contribution < -0.4 is 10.1 Å². The molecular weight excluding hydrogens is 269 g/mol. The fraction of sp³-hybridized carbons (Fsp3) is 0.357. The fourth-order valence-corrected chi connectivity index (χ4v) is 1.97. The number of benzene rings is 1. The van der Waals surface area contributed by atoms with Gasteiger partial charge >= 0.3 is 6.36 Å². The molecule has 1 heterocycles. The van der Waals surface area contributed by atoms with Crippen molar-refractivity contribution in [3.63, 3.8) is 0 Å². The summed E-state index contributed by atoms with van der Waals surface area (Å²) >= 11 is 0. The Morgan fingerprint density at radius 3 is 2.55 bits per heavy atom. The van der Waals surface area contributed by atoms with E-state index in [9.17, 15) is 13.2 Å². The first kappa shape index (κ1) is 14.4. The number of ether oxygens (including phenoxy) is 1. The normalized spacial score (nSPS) is 11.7. The number of nitrogens with zero attached hydrogens (tertiary/aromatic N) is 1. The van der Waals surface area contributed by atoms with Crippen LogP contribution in [0.15, 0.2) is 24.3 Å². The maximum absolute atomic E-state index is 12.3. The SMILES string of the molecule is CCNc1cc(CC)nc2ccc(OC(F)(F)F)cc12. The van der Waals surface area contributed by atoms with Crippen molar-refractivity contribution >= 4 is 16.6 Å². The molecule has 108 valence electrons. The van der Waals surface area contributed by atoms with Gasteiger partial charge in [-0.2, -0.15) is 0 Å². The minimum Gasteiger partial charge on any atom is -0.406 e. The van der Waals surface area contributed by atoms with Crippen molar-refractivity contribution in [2.75, 3.05) is 11.9 Å². The van der Waals surface area contributed by atoms with Crippen molar-refractivity contribution < 1.29 is 17.9 Å². The number of hydrogen-bond donors (Lipinski definition) is 1. The van der Waals surface area contributed by atoms with Gasteiger partial charge in [-0.3, -0.25) is 4.98 Å². The third-order valence-corrected chi connectivity index (χ3v) is 2.80. The van der Waals surface area contributed by atoms with E-state index in [4.69, 9.17) is 0 Å². The molecule has 1 N–H and O–H groups in total. The summed E-state index contributed by atoms with van der Waals surface area (Å²) in [6.45, 7) is 4.57. The standard InChI is InChI=1S/C14H15F3N2O/c1-3-9-7-13(18-4-2)11-8-10(20-14(15,16)17)5-6-12(11)19-9/h5-8H,3-4H2,1-2H3,(H,18,19). The van der Waals surface area contributed by atoms with Crippen LogP contribution in [0.2, 0.25) is 0 Å². The minimum atomic E-state index is -4.69. The molecule has 20 heavy (non-hydrogen) atoms. The Kier molecular flexibility index (Phi) is 4.01. The molecule has 0 bridgehead atoms. The average molecular weight is 284 g/mol. The van der Waals surface area contributed by atoms with Crippen molar-refractivity contribution in [2.24, 2.45) is 0 Å². The molecule has 2 aromatic rings. The highest BCUT2D eigenvalue weighted by Crippen LogP contribution is 2.30. The molecule has 1 aromatic heterocycles. The largest absolute Gasteiger partial charge is 0.573 e. The molecule has 0 spiro atoms. The lowest BCUT2D eigenvalue weighted by Crippen LogP contribution is -2.17. The molecule has 0 amide bonds. The van der Waals surface area contributed by atoms with Gasteiger partial charge in [0.1, 0.15) is 5.75 Å². The fourth-order valence-electron chi connectivity index (χ4n) is 1.97. The lowest BCUT2D eigenvalue weighted by molar-refractivity contribution is -0.274. The molecule has 0 fully saturated rings. The van der Waals surface area contributed by atoms with Crippen molar-refractivity contribution in [3.8, 4) is 5.75 Å². The summed E-state index contributed by atoms with van der Waals surface area (Å²) in [5, 5.41) is 3.75. The van der Waals surface area contributed by atoms with Gasteiger partial charge in [-0.25, -0.2) is 0 Å². The van der Waals surface area contributed by atoms with Crippen molar-refractivity contribution in [2.45, 2.75) is 26.6 Å². The lowest BCUT2D eigenvalue weighted by Gasteiger charge is -2.13. The number of anilines is 1. The molecule has 0 aliphatic rings. The Balaban J connectivity index is 2.51. The topological polar surface area (TPSA) is 34.2 Å². The van der Waals surface area contributed by atoms with Gasteiger partial charge in [0, 0.05) is 23.3 Å². The zero-order valence-electron chi connectivity index (χ0n) is 11.2. The molecule has 1 aromatic carbocycles. The Morgan fingerprint density at radius 2 is 1.95 bits per heavy atom. The number of rotatable bonds is 4. The summed E-state index contributed by atoms with van der Waals surface area (Å²) < 4.78 is 40.7. The molecule has 0 aliphatic carbocycles. The van der Waals surface area contributed by atoms with Gasteiger partial charge in [-0.15, -0.1) is 13.2 Å². The van der Waals surface area contributed by atoms with Crippen LogP contribution >= 0.6 is 0 Å². The first-order valence-corrected chi connectivity index (χ1v) is 6.36. The van der Waals surface area contributed by atoms with Crippen LogP contribution in [0.5, 0.6) is 5.75 Å². The van der Waals surface area contributed by atoms with E-state index in [-0.39, 0.29) is 5.75 Å². The summed E-state index contributed by atoms with van der Waals surface area (Å²) in [6.07, 6.45) is -3.93. The highest BCUT2D eigenvalue weighted by molar-refractivity contribution is 5.92. The van der Waals surface area contributed by atoms with Crippen LogP contribution in [-0.2, 0) is 6.42 Å². The Labute approximate surface area is 114 Å². The molecule has 0 saturated carbocycles. The third kappa shape index (κ3) is 3.31. The molecule has 2 rings (SSSR count). The lowest BCUT2D eigenvalue weighted by atomic mass is 10.1. The van der Waals surface area contributed by atoms with E-state index in [0.29, 0.717) is 17.4 Å². The van der Waals surface area contributed by atoms with Gasteiger partial charge in [-0.1, -0.05) is 6.92 Å². The molecule has 0 saturated heterocycles. The summed E-state index contributed by atoms with van der Waals surface area (Å²) in [6, 6.07) is 6.02. The van der Waals surface area contributed by atoms with E-state index in [2.05, 4.69) is 15.0 Å². The highest BCUT2D eigenvalue weighted by Gasteiger charge is 2.31. The van der Waals surface area contributed by atoms with E-state index < -0.39 is 6.36 Å². The second-order valence-electron chi connectivity index (χ2n) is 4.27. The maximum atomic E-state index is 12.3. The van der Waals surface area contributed by atoms with E-state index in [1.165, 1.54) is 18.2 Å². The molecule has 0 atom stereocenters. The molecule has 0 radical (unpaired) electrons. The number of aryl methyl sites for hydroxylation is 1. The van der Waals surface area contributed by atoms with Gasteiger partial charge < -0.3 is 10.1 Å². The van der Waals surface area contributed by atoms with Crippen molar-refractivity contribution in [1.29, 1.82) is 0 Å². The predicted octanol–water partition coefficient (Wildman–Crippen LogP) is 4.13. The highest BCUT2D eigenvalue weighted by atomic mass is 19.4. The average Bonchev–Trinajstić information content (AvgIpc) is 2.37. The van der Waals surface area contributed by atoms with Crippen molar-refractivity contribution in [3.05, 3.63) is 30.0 Å². The Morgan fingerprint density at radius 1 is 1.20 bits per heavy atom. The quantitative estimate of drug-likeness (QED) is 0.916. The maximum Gasteiger partial charge on any atom is 0.573 e. The summed E-state index contributed by atoms with van der Waals surface area (Å²) in [5.41, 5.74) is 2.30. The summed E-state index contributed by atoms with van der Waals surface area (Å²) in [7, 11) is 0. The first-order chi connectivity index (χ1) is 9.43. The van der Waals surface area contributed by atoms with Crippen LogP contribution in [0.4, 0.5) is 18.9 Å². The van der Waals surface area contributed by atoms with Crippen LogP contribution in [0.1, 0.15) is 19.5 Å². The predicted molar refractivity (Wildman–Crippen MR) is 72.0 cm³/mol. The zero-order chi connectivity index (χ0) is 14.8. The number of fused-ring (bicyclic) bond motifs is 1. The molecular formula is C14H15F3N2O. The molecule has 0 aliphatic heterocycles. The summed E-state index contributed by atoms with van der Waals surface area (Å²) in [4.78, 5) is 4.40. The van der Waals surface area contributed by atoms with E-state index in [1.807, 2.05) is 19.9 Å².